The summed E-state index contributed by atoms with van der Waals surface area (Å²) in [6.45, 7) is 3.98. The Balaban J connectivity index is 2.99. The number of hydrogen-bond donors (Lipinski definition) is 3. The minimum atomic E-state index is -0.935. The van der Waals surface area contributed by atoms with Crippen molar-refractivity contribution >= 4 is 11.7 Å². The lowest BCUT2D eigenvalue weighted by atomic mass is 10.1. The molecule has 0 aliphatic rings. The molecule has 0 bridgehead atoms. The van der Waals surface area contributed by atoms with Crippen LogP contribution in [0.2, 0.25) is 0 Å². The molecule has 1 aromatic carbocycles. The Morgan fingerprint density at radius 3 is 2.71 bits per heavy atom. The number of carboxylic acid groups (broad SMARTS) is 1. The van der Waals surface area contributed by atoms with Crippen LogP contribution in [-0.2, 0) is 0 Å². The first-order valence-electron chi connectivity index (χ1n) is 5.80. The molecule has 3 N–H and O–H groups in total. The Morgan fingerprint density at radius 1 is 1.47 bits per heavy atom. The molecule has 0 aliphatic heterocycles. The van der Waals surface area contributed by atoms with Crippen molar-refractivity contribution in [3.63, 3.8) is 0 Å². The molecule has 0 saturated carbocycles. The predicted molar refractivity (Wildman–Crippen MR) is 67.5 cm³/mol. The second-order valence-corrected chi connectivity index (χ2v) is 4.06. The van der Waals surface area contributed by atoms with E-state index in [0.29, 0.717) is 12.1 Å². The van der Waals surface area contributed by atoms with Crippen LogP contribution in [0.4, 0.5) is 5.69 Å². The standard InChI is InChI=1S/C13H19NO3/c1-3-10(7-8-15)14-12-9(2)5-4-6-11(12)13(16)17/h4-6,10,14-15H,3,7-8H2,1-2H3,(H,16,17). The van der Waals surface area contributed by atoms with Gasteiger partial charge in [-0.1, -0.05) is 19.1 Å². The van der Waals surface area contributed by atoms with Crippen LogP contribution in [0.15, 0.2) is 18.2 Å². The maximum Gasteiger partial charge on any atom is 0.337 e. The van der Waals surface area contributed by atoms with E-state index in [-0.39, 0.29) is 18.2 Å². The number of aryl methyl sites for hydroxylation is 1. The number of hydrogen-bond acceptors (Lipinski definition) is 3. The Morgan fingerprint density at radius 2 is 2.18 bits per heavy atom. The van der Waals surface area contributed by atoms with Gasteiger partial charge in [0.2, 0.25) is 0 Å². The van der Waals surface area contributed by atoms with E-state index in [4.69, 9.17) is 10.2 Å². The minimum absolute atomic E-state index is 0.0965. The maximum absolute atomic E-state index is 11.1. The van der Waals surface area contributed by atoms with E-state index in [0.717, 1.165) is 12.0 Å². The quantitative estimate of drug-likeness (QED) is 0.710. The summed E-state index contributed by atoms with van der Waals surface area (Å²) in [4.78, 5) is 11.1. The van der Waals surface area contributed by atoms with E-state index >= 15 is 0 Å². The van der Waals surface area contributed by atoms with Crippen molar-refractivity contribution in [3.05, 3.63) is 29.3 Å². The molecule has 0 amide bonds. The molecule has 1 rings (SSSR count). The molecule has 0 spiro atoms. The molecule has 4 nitrogen and oxygen atoms in total. The highest BCUT2D eigenvalue weighted by Gasteiger charge is 2.14. The zero-order chi connectivity index (χ0) is 12.8. The van der Waals surface area contributed by atoms with Gasteiger partial charge >= 0.3 is 5.97 Å². The lowest BCUT2D eigenvalue weighted by molar-refractivity contribution is 0.0698. The maximum atomic E-state index is 11.1. The summed E-state index contributed by atoms with van der Waals surface area (Å²) >= 11 is 0. The van der Waals surface area contributed by atoms with E-state index < -0.39 is 5.97 Å². The van der Waals surface area contributed by atoms with Crippen LogP contribution in [0.3, 0.4) is 0 Å². The van der Waals surface area contributed by atoms with Gasteiger partial charge in [-0.25, -0.2) is 4.79 Å². The molecule has 4 heteroatoms. The second kappa shape index (κ2) is 6.25. The smallest absolute Gasteiger partial charge is 0.337 e. The summed E-state index contributed by atoms with van der Waals surface area (Å²) in [6.07, 6.45) is 1.46. The number of benzene rings is 1. The van der Waals surface area contributed by atoms with Gasteiger partial charge < -0.3 is 15.5 Å². The molecule has 1 atom stereocenters. The van der Waals surface area contributed by atoms with Gasteiger partial charge in [-0.2, -0.15) is 0 Å². The number of aromatic carboxylic acids is 1. The fraction of sp³-hybridized carbons (Fsp3) is 0.462. The number of aliphatic hydroxyl groups excluding tert-OH is 1. The van der Waals surface area contributed by atoms with Crippen molar-refractivity contribution in [1.29, 1.82) is 0 Å². The monoisotopic (exact) mass is 237 g/mol. The van der Waals surface area contributed by atoms with Gasteiger partial charge in [0.1, 0.15) is 0 Å². The third-order valence-electron chi connectivity index (χ3n) is 2.82. The molecule has 0 saturated heterocycles. The summed E-state index contributed by atoms with van der Waals surface area (Å²) < 4.78 is 0. The Bertz CT molecular complexity index is 390. The molecular weight excluding hydrogens is 218 g/mol. The highest BCUT2D eigenvalue weighted by Crippen LogP contribution is 2.22. The van der Waals surface area contributed by atoms with Crippen LogP contribution in [0.1, 0.15) is 35.7 Å². The van der Waals surface area contributed by atoms with Crippen molar-refractivity contribution < 1.29 is 15.0 Å². The number of carbonyl (C=O) groups is 1. The molecular formula is C13H19NO3. The summed E-state index contributed by atoms with van der Waals surface area (Å²) in [5, 5.41) is 21.3. The lowest BCUT2D eigenvalue weighted by Gasteiger charge is -2.20. The van der Waals surface area contributed by atoms with Crippen LogP contribution < -0.4 is 5.32 Å². The number of carboxylic acids is 1. The van der Waals surface area contributed by atoms with Crippen LogP contribution >= 0.6 is 0 Å². The third kappa shape index (κ3) is 3.46. The van der Waals surface area contributed by atoms with Gasteiger partial charge in [0.05, 0.1) is 11.3 Å². The highest BCUT2D eigenvalue weighted by molar-refractivity contribution is 5.95. The second-order valence-electron chi connectivity index (χ2n) is 4.06. The predicted octanol–water partition coefficient (Wildman–Crippen LogP) is 2.27. The molecule has 0 aromatic heterocycles. The topological polar surface area (TPSA) is 69.6 Å². The fourth-order valence-corrected chi connectivity index (χ4v) is 1.78. The minimum Gasteiger partial charge on any atom is -0.478 e. The molecule has 1 aromatic rings. The van der Waals surface area contributed by atoms with Crippen LogP contribution in [0.25, 0.3) is 0 Å². The summed E-state index contributed by atoms with van der Waals surface area (Å²) in [5.74, 6) is -0.935. The van der Waals surface area contributed by atoms with Gasteiger partial charge in [0.15, 0.2) is 0 Å². The normalized spacial score (nSPS) is 12.2. The van der Waals surface area contributed by atoms with E-state index in [2.05, 4.69) is 5.32 Å². The average molecular weight is 237 g/mol. The summed E-state index contributed by atoms with van der Waals surface area (Å²) in [7, 11) is 0. The van der Waals surface area contributed by atoms with E-state index in [1.54, 1.807) is 12.1 Å². The van der Waals surface area contributed by atoms with Crippen molar-refractivity contribution in [2.75, 3.05) is 11.9 Å². The van der Waals surface area contributed by atoms with Gasteiger partial charge in [0.25, 0.3) is 0 Å². The third-order valence-corrected chi connectivity index (χ3v) is 2.82. The molecule has 0 heterocycles. The zero-order valence-electron chi connectivity index (χ0n) is 10.2. The largest absolute Gasteiger partial charge is 0.478 e. The fourth-order valence-electron chi connectivity index (χ4n) is 1.78. The SMILES string of the molecule is CCC(CCO)Nc1c(C)cccc1C(=O)O. The first-order chi connectivity index (χ1) is 8.10. The summed E-state index contributed by atoms with van der Waals surface area (Å²) in [5.41, 5.74) is 1.84. The van der Waals surface area contributed by atoms with Gasteiger partial charge in [-0.3, -0.25) is 0 Å². The van der Waals surface area contributed by atoms with Crippen molar-refractivity contribution in [3.8, 4) is 0 Å². The van der Waals surface area contributed by atoms with E-state index in [1.807, 2.05) is 19.9 Å². The number of anilines is 1. The van der Waals surface area contributed by atoms with Crippen molar-refractivity contribution in [1.82, 2.24) is 0 Å². The first-order valence-corrected chi connectivity index (χ1v) is 5.80. The van der Waals surface area contributed by atoms with Crippen LogP contribution in [0, 0.1) is 6.92 Å². The van der Waals surface area contributed by atoms with Gasteiger partial charge in [0, 0.05) is 12.6 Å². The number of para-hydroxylation sites is 1. The number of aliphatic hydroxyl groups is 1. The Kier molecular flexibility index (Phi) is 4.97. The molecule has 94 valence electrons. The molecule has 1 unspecified atom stereocenters. The lowest BCUT2D eigenvalue weighted by Crippen LogP contribution is -2.22. The van der Waals surface area contributed by atoms with Crippen LogP contribution in [0.5, 0.6) is 0 Å². The molecule has 0 radical (unpaired) electrons. The zero-order valence-corrected chi connectivity index (χ0v) is 10.2. The first kappa shape index (κ1) is 13.5. The van der Waals surface area contributed by atoms with E-state index in [1.165, 1.54) is 0 Å². The van der Waals surface area contributed by atoms with Gasteiger partial charge in [-0.05, 0) is 31.4 Å². The molecule has 17 heavy (non-hydrogen) atoms. The average Bonchev–Trinajstić information content (AvgIpc) is 2.30. The number of nitrogens with one attached hydrogen (secondary N) is 1. The molecule has 0 aliphatic carbocycles. The Labute approximate surface area is 101 Å². The van der Waals surface area contributed by atoms with Crippen molar-refractivity contribution in [2.24, 2.45) is 0 Å². The molecule has 0 fully saturated rings. The van der Waals surface area contributed by atoms with Gasteiger partial charge in [-0.15, -0.1) is 0 Å². The van der Waals surface area contributed by atoms with Crippen molar-refractivity contribution in [2.45, 2.75) is 32.7 Å². The van der Waals surface area contributed by atoms with Crippen LogP contribution in [-0.4, -0.2) is 28.8 Å². The number of rotatable bonds is 6. The summed E-state index contributed by atoms with van der Waals surface area (Å²) in [6, 6.07) is 5.29. The Hall–Kier alpha value is -1.55. The highest BCUT2D eigenvalue weighted by atomic mass is 16.4. The van der Waals surface area contributed by atoms with E-state index in [9.17, 15) is 4.79 Å².